The number of nitrogens with one attached hydrogen (secondary N) is 1. The maximum Gasteiger partial charge on any atom is 0.116 e. The number of rotatable bonds is 1. The number of fused-ring (bicyclic) bond motifs is 1. The van der Waals surface area contributed by atoms with Crippen LogP contribution >= 0.6 is 0 Å². The zero-order valence-electron chi connectivity index (χ0n) is 8.84. The van der Waals surface area contributed by atoms with Crippen molar-refractivity contribution >= 4 is 12.0 Å². The molecular formula is C12H17NO. The smallest absolute Gasteiger partial charge is 0.116 e. The maximum absolute atomic E-state index is 8.81. The summed E-state index contributed by atoms with van der Waals surface area (Å²) >= 11 is 0. The van der Waals surface area contributed by atoms with Crippen molar-refractivity contribution in [2.45, 2.75) is 26.2 Å². The van der Waals surface area contributed by atoms with Crippen LogP contribution in [-0.4, -0.2) is 13.3 Å². The Bertz CT molecular complexity index is 307. The van der Waals surface area contributed by atoms with E-state index in [0.717, 1.165) is 6.29 Å². The quantitative estimate of drug-likeness (QED) is 0.691. The van der Waals surface area contributed by atoms with Crippen LogP contribution in [0.15, 0.2) is 18.2 Å². The number of benzene rings is 1. The van der Waals surface area contributed by atoms with Gasteiger partial charge in [-0.1, -0.05) is 6.07 Å². The van der Waals surface area contributed by atoms with Gasteiger partial charge in [0, 0.05) is 12.7 Å². The van der Waals surface area contributed by atoms with E-state index in [-0.39, 0.29) is 0 Å². The Balaban J connectivity index is 0.000000293. The second-order valence-electron chi connectivity index (χ2n) is 3.32. The van der Waals surface area contributed by atoms with Crippen LogP contribution in [0.3, 0.4) is 0 Å². The Morgan fingerprint density at radius 2 is 1.93 bits per heavy atom. The van der Waals surface area contributed by atoms with Crippen molar-refractivity contribution in [3.05, 3.63) is 29.3 Å². The van der Waals surface area contributed by atoms with E-state index in [4.69, 9.17) is 4.79 Å². The number of carbonyl (C=O) groups excluding carboxylic acids is 1. The van der Waals surface area contributed by atoms with E-state index in [1.165, 1.54) is 37.4 Å². The lowest BCUT2D eigenvalue weighted by molar-refractivity contribution is -0.106. The molecule has 0 radical (unpaired) electrons. The van der Waals surface area contributed by atoms with Gasteiger partial charge in [0.15, 0.2) is 0 Å². The molecule has 2 heteroatoms. The number of aryl methyl sites for hydroxylation is 2. The SMILES string of the molecule is CC=O.CNc1ccc2c(c1)CCC2. The van der Waals surface area contributed by atoms with Crippen molar-refractivity contribution in [3.63, 3.8) is 0 Å². The van der Waals surface area contributed by atoms with Crippen LogP contribution < -0.4 is 5.32 Å². The number of aldehydes is 1. The summed E-state index contributed by atoms with van der Waals surface area (Å²) in [5, 5.41) is 3.16. The van der Waals surface area contributed by atoms with Gasteiger partial charge in [0.25, 0.3) is 0 Å². The minimum Gasteiger partial charge on any atom is -0.388 e. The van der Waals surface area contributed by atoms with Gasteiger partial charge in [-0.2, -0.15) is 0 Å². The van der Waals surface area contributed by atoms with Crippen LogP contribution in [0.1, 0.15) is 24.5 Å². The predicted molar refractivity (Wildman–Crippen MR) is 59.8 cm³/mol. The summed E-state index contributed by atoms with van der Waals surface area (Å²) in [7, 11) is 1.97. The molecule has 76 valence electrons. The number of carbonyl (C=O) groups is 1. The molecule has 1 N–H and O–H groups in total. The number of anilines is 1. The number of hydrogen-bond acceptors (Lipinski definition) is 2. The van der Waals surface area contributed by atoms with Crippen LogP contribution in [0.25, 0.3) is 0 Å². The molecule has 0 heterocycles. The molecule has 0 saturated heterocycles. The Morgan fingerprint density at radius 1 is 1.29 bits per heavy atom. The molecule has 1 aromatic carbocycles. The van der Waals surface area contributed by atoms with Gasteiger partial charge < -0.3 is 10.1 Å². The molecular weight excluding hydrogens is 174 g/mol. The third-order valence-electron chi connectivity index (χ3n) is 2.39. The first kappa shape index (κ1) is 10.8. The molecule has 0 aromatic heterocycles. The van der Waals surface area contributed by atoms with Crippen LogP contribution in [-0.2, 0) is 17.6 Å². The summed E-state index contributed by atoms with van der Waals surface area (Å²) in [6.45, 7) is 1.44. The standard InChI is InChI=1S/C10H13N.C2H4O/c1-11-10-6-5-8-3-2-4-9(8)7-10;1-2-3/h5-7,11H,2-4H2,1H3;2H,1H3. The highest BCUT2D eigenvalue weighted by atomic mass is 16.1. The van der Waals surface area contributed by atoms with E-state index in [1.54, 1.807) is 5.56 Å². The normalized spacial score (nSPS) is 12.4. The second kappa shape index (κ2) is 5.43. The minimum atomic E-state index is 0.750. The molecule has 0 saturated carbocycles. The van der Waals surface area contributed by atoms with E-state index < -0.39 is 0 Å². The Kier molecular flexibility index (Phi) is 4.17. The van der Waals surface area contributed by atoms with Crippen LogP contribution in [0, 0.1) is 0 Å². The first-order valence-electron chi connectivity index (χ1n) is 5.01. The van der Waals surface area contributed by atoms with E-state index in [2.05, 4.69) is 23.5 Å². The van der Waals surface area contributed by atoms with E-state index in [0.29, 0.717) is 0 Å². The Morgan fingerprint density at radius 3 is 2.57 bits per heavy atom. The molecule has 2 rings (SSSR count). The van der Waals surface area contributed by atoms with Crippen LogP contribution in [0.4, 0.5) is 5.69 Å². The minimum absolute atomic E-state index is 0.750. The summed E-state index contributed by atoms with van der Waals surface area (Å²) in [6, 6.07) is 6.67. The highest BCUT2D eigenvalue weighted by Crippen LogP contribution is 2.24. The summed E-state index contributed by atoms with van der Waals surface area (Å²) in [5.74, 6) is 0. The molecule has 14 heavy (non-hydrogen) atoms. The zero-order valence-corrected chi connectivity index (χ0v) is 8.84. The third kappa shape index (κ3) is 2.59. The van der Waals surface area contributed by atoms with Crippen molar-refractivity contribution in [2.24, 2.45) is 0 Å². The molecule has 1 aromatic rings. The third-order valence-corrected chi connectivity index (χ3v) is 2.39. The van der Waals surface area contributed by atoms with Gasteiger partial charge in [-0.05, 0) is 49.4 Å². The summed E-state index contributed by atoms with van der Waals surface area (Å²) in [4.78, 5) is 8.81. The average molecular weight is 191 g/mol. The highest BCUT2D eigenvalue weighted by molar-refractivity contribution is 5.49. The van der Waals surface area contributed by atoms with E-state index in [1.807, 2.05) is 7.05 Å². The Labute approximate surface area is 85.3 Å². The Hall–Kier alpha value is -1.31. The highest BCUT2D eigenvalue weighted by Gasteiger charge is 2.09. The summed E-state index contributed by atoms with van der Waals surface area (Å²) < 4.78 is 0. The van der Waals surface area contributed by atoms with Crippen LogP contribution in [0.2, 0.25) is 0 Å². The van der Waals surface area contributed by atoms with Crippen LogP contribution in [0.5, 0.6) is 0 Å². The first-order chi connectivity index (χ1) is 6.81. The maximum atomic E-state index is 8.81. The van der Waals surface area contributed by atoms with Gasteiger partial charge in [0.05, 0.1) is 0 Å². The fraction of sp³-hybridized carbons (Fsp3) is 0.417. The molecule has 0 atom stereocenters. The lowest BCUT2D eigenvalue weighted by Gasteiger charge is -2.02. The van der Waals surface area contributed by atoms with Gasteiger partial charge in [0.1, 0.15) is 6.29 Å². The zero-order chi connectivity index (χ0) is 10.4. The molecule has 0 unspecified atom stereocenters. The fourth-order valence-corrected chi connectivity index (χ4v) is 1.73. The first-order valence-corrected chi connectivity index (χ1v) is 5.01. The molecule has 1 aliphatic rings. The molecule has 1 aliphatic carbocycles. The predicted octanol–water partition coefficient (Wildman–Crippen LogP) is 2.42. The lowest BCUT2D eigenvalue weighted by atomic mass is 10.1. The largest absolute Gasteiger partial charge is 0.388 e. The molecule has 0 fully saturated rings. The monoisotopic (exact) mass is 191 g/mol. The van der Waals surface area contributed by atoms with Crippen molar-refractivity contribution in [1.29, 1.82) is 0 Å². The van der Waals surface area contributed by atoms with Crippen molar-refractivity contribution in [2.75, 3.05) is 12.4 Å². The molecule has 0 aliphatic heterocycles. The lowest BCUT2D eigenvalue weighted by Crippen LogP contribution is -1.89. The van der Waals surface area contributed by atoms with Gasteiger partial charge in [-0.15, -0.1) is 0 Å². The number of hydrogen-bond donors (Lipinski definition) is 1. The average Bonchev–Trinajstić information content (AvgIpc) is 2.65. The van der Waals surface area contributed by atoms with E-state index in [9.17, 15) is 0 Å². The summed E-state index contributed by atoms with van der Waals surface area (Å²) in [6.07, 6.45) is 4.63. The van der Waals surface area contributed by atoms with Crippen molar-refractivity contribution in [3.8, 4) is 0 Å². The second-order valence-corrected chi connectivity index (χ2v) is 3.32. The summed E-state index contributed by atoms with van der Waals surface area (Å²) in [5.41, 5.74) is 4.33. The topological polar surface area (TPSA) is 29.1 Å². The van der Waals surface area contributed by atoms with Gasteiger partial charge in [0.2, 0.25) is 0 Å². The van der Waals surface area contributed by atoms with Gasteiger partial charge in [-0.25, -0.2) is 0 Å². The molecule has 0 spiro atoms. The van der Waals surface area contributed by atoms with Crippen molar-refractivity contribution in [1.82, 2.24) is 0 Å². The molecule has 2 nitrogen and oxygen atoms in total. The van der Waals surface area contributed by atoms with Gasteiger partial charge in [-0.3, -0.25) is 0 Å². The fourth-order valence-electron chi connectivity index (χ4n) is 1.73. The van der Waals surface area contributed by atoms with Gasteiger partial charge >= 0.3 is 0 Å². The molecule has 0 bridgehead atoms. The molecule has 0 amide bonds. The van der Waals surface area contributed by atoms with E-state index >= 15 is 0 Å². The van der Waals surface area contributed by atoms with Crippen molar-refractivity contribution < 1.29 is 4.79 Å².